The van der Waals surface area contributed by atoms with E-state index in [1.807, 2.05) is 13.2 Å². The first-order valence-corrected chi connectivity index (χ1v) is 9.43. The lowest BCUT2D eigenvalue weighted by atomic mass is 10.2. The first-order chi connectivity index (χ1) is 9.98. The summed E-state index contributed by atoms with van der Waals surface area (Å²) in [4.78, 5) is 0. The predicted octanol–water partition coefficient (Wildman–Crippen LogP) is 2.01. The molecule has 0 bridgehead atoms. The van der Waals surface area contributed by atoms with Gasteiger partial charge in [0.1, 0.15) is 4.21 Å². The van der Waals surface area contributed by atoms with Crippen molar-refractivity contribution in [3.8, 4) is 0 Å². The van der Waals surface area contributed by atoms with Gasteiger partial charge in [-0.2, -0.15) is 9.40 Å². The number of aromatic nitrogens is 2. The molecule has 9 heteroatoms. The highest BCUT2D eigenvalue weighted by molar-refractivity contribution is 9.10. The maximum Gasteiger partial charge on any atom is 0.253 e. The second-order valence-corrected chi connectivity index (χ2v) is 8.63. The van der Waals surface area contributed by atoms with Crippen LogP contribution in [0.5, 0.6) is 0 Å². The van der Waals surface area contributed by atoms with Crippen LogP contribution in [0.3, 0.4) is 0 Å². The quantitative estimate of drug-likeness (QED) is 0.802. The van der Waals surface area contributed by atoms with Gasteiger partial charge in [0.25, 0.3) is 10.0 Å². The summed E-state index contributed by atoms with van der Waals surface area (Å²) < 4.78 is 35.2. The van der Waals surface area contributed by atoms with Gasteiger partial charge < -0.3 is 4.74 Å². The molecule has 0 aliphatic carbocycles. The summed E-state index contributed by atoms with van der Waals surface area (Å²) in [7, 11) is -1.66. The molecule has 114 valence electrons. The van der Waals surface area contributed by atoms with E-state index >= 15 is 0 Å². The first kappa shape index (κ1) is 15.2. The molecule has 0 radical (unpaired) electrons. The highest BCUT2D eigenvalue weighted by Crippen LogP contribution is 2.32. The minimum atomic E-state index is -3.49. The number of halogens is 1. The van der Waals surface area contributed by atoms with E-state index in [2.05, 4.69) is 21.0 Å². The van der Waals surface area contributed by atoms with Crippen LogP contribution in [0.4, 0.5) is 0 Å². The van der Waals surface area contributed by atoms with E-state index in [0.717, 1.165) is 5.56 Å². The molecule has 6 nitrogen and oxygen atoms in total. The fraction of sp³-hybridized carbons (Fsp3) is 0.417. The van der Waals surface area contributed by atoms with Gasteiger partial charge in [-0.25, -0.2) is 8.42 Å². The third-order valence-electron chi connectivity index (χ3n) is 3.28. The van der Waals surface area contributed by atoms with Crippen LogP contribution in [0.15, 0.2) is 32.5 Å². The van der Waals surface area contributed by atoms with Crippen molar-refractivity contribution in [1.82, 2.24) is 14.1 Å². The topological polar surface area (TPSA) is 64.4 Å². The fourth-order valence-electron chi connectivity index (χ4n) is 2.23. The third kappa shape index (κ3) is 2.93. The van der Waals surface area contributed by atoms with Crippen molar-refractivity contribution in [2.45, 2.75) is 10.3 Å². The molecule has 1 unspecified atom stereocenters. The first-order valence-electron chi connectivity index (χ1n) is 6.32. The van der Waals surface area contributed by atoms with Crippen LogP contribution in [0.25, 0.3) is 0 Å². The van der Waals surface area contributed by atoms with E-state index in [-0.39, 0.29) is 6.10 Å². The average molecular weight is 392 g/mol. The molecule has 3 heterocycles. The molecule has 3 rings (SSSR count). The van der Waals surface area contributed by atoms with E-state index in [0.29, 0.717) is 28.4 Å². The normalized spacial score (nSPS) is 20.8. The molecule has 0 spiro atoms. The highest BCUT2D eigenvalue weighted by Gasteiger charge is 2.33. The Morgan fingerprint density at radius 3 is 2.95 bits per heavy atom. The van der Waals surface area contributed by atoms with Gasteiger partial charge in [-0.15, -0.1) is 11.3 Å². The molecule has 0 aromatic carbocycles. The van der Waals surface area contributed by atoms with E-state index in [9.17, 15) is 8.42 Å². The van der Waals surface area contributed by atoms with Crippen molar-refractivity contribution in [3.05, 3.63) is 33.9 Å². The maximum absolute atomic E-state index is 12.7. The standard InChI is InChI=1S/C12H14BrN3O3S2/c1-15-7-9(6-14-15)11-8-16(3-4-19-11)21(17,18)12-10(13)2-5-20-12/h2,5-7,11H,3-4,8H2,1H3. The number of sulfonamides is 1. The Labute approximate surface area is 135 Å². The molecule has 1 saturated heterocycles. The van der Waals surface area contributed by atoms with Crippen molar-refractivity contribution in [1.29, 1.82) is 0 Å². The number of nitrogens with zero attached hydrogens (tertiary/aromatic N) is 3. The second kappa shape index (κ2) is 5.81. The number of hydrogen-bond acceptors (Lipinski definition) is 5. The largest absolute Gasteiger partial charge is 0.371 e. The Morgan fingerprint density at radius 1 is 1.52 bits per heavy atom. The lowest BCUT2D eigenvalue weighted by Gasteiger charge is -2.31. The summed E-state index contributed by atoms with van der Waals surface area (Å²) in [6.45, 7) is 1.05. The maximum atomic E-state index is 12.7. The monoisotopic (exact) mass is 391 g/mol. The van der Waals surface area contributed by atoms with Gasteiger partial charge in [-0.05, 0) is 27.4 Å². The van der Waals surface area contributed by atoms with Gasteiger partial charge in [0, 0.05) is 36.4 Å². The van der Waals surface area contributed by atoms with Crippen LogP contribution in [0, 0.1) is 0 Å². The molecule has 1 aliphatic rings. The molecular weight excluding hydrogens is 378 g/mol. The number of hydrogen-bond donors (Lipinski definition) is 0. The number of aryl methyl sites for hydroxylation is 1. The minimum Gasteiger partial charge on any atom is -0.371 e. The fourth-order valence-corrected chi connectivity index (χ4v) is 6.11. The summed E-state index contributed by atoms with van der Waals surface area (Å²) in [5, 5.41) is 5.87. The Hall–Kier alpha value is -0.740. The van der Waals surface area contributed by atoms with E-state index in [1.165, 1.54) is 15.6 Å². The van der Waals surface area contributed by atoms with Gasteiger partial charge in [-0.3, -0.25) is 4.68 Å². The zero-order valence-corrected chi connectivity index (χ0v) is 14.5. The summed E-state index contributed by atoms with van der Waals surface area (Å²) in [5.41, 5.74) is 0.891. The van der Waals surface area contributed by atoms with Crippen molar-refractivity contribution < 1.29 is 13.2 Å². The Morgan fingerprint density at radius 2 is 2.33 bits per heavy atom. The zero-order chi connectivity index (χ0) is 15.0. The molecule has 0 saturated carbocycles. The SMILES string of the molecule is Cn1cc(C2CN(S(=O)(=O)c3sccc3Br)CCO2)cn1. The lowest BCUT2D eigenvalue weighted by Crippen LogP contribution is -2.41. The minimum absolute atomic E-state index is 0.277. The molecule has 0 amide bonds. The smallest absolute Gasteiger partial charge is 0.253 e. The Kier molecular flexibility index (Phi) is 4.19. The summed E-state index contributed by atoms with van der Waals surface area (Å²) >= 11 is 4.51. The van der Waals surface area contributed by atoms with Crippen LogP contribution >= 0.6 is 27.3 Å². The Balaban J connectivity index is 1.85. The molecule has 21 heavy (non-hydrogen) atoms. The van der Waals surface area contributed by atoms with Crippen LogP contribution in [0.1, 0.15) is 11.7 Å². The highest BCUT2D eigenvalue weighted by atomic mass is 79.9. The third-order valence-corrected chi connectivity index (χ3v) is 7.80. The Bertz CT molecular complexity index is 741. The summed E-state index contributed by atoms with van der Waals surface area (Å²) in [6, 6.07) is 1.75. The van der Waals surface area contributed by atoms with Crippen LogP contribution in [0.2, 0.25) is 0 Å². The van der Waals surface area contributed by atoms with Gasteiger partial charge in [0.2, 0.25) is 0 Å². The van der Waals surface area contributed by atoms with Crippen molar-refractivity contribution in [2.75, 3.05) is 19.7 Å². The van der Waals surface area contributed by atoms with Gasteiger partial charge >= 0.3 is 0 Å². The molecular formula is C12H14BrN3O3S2. The molecule has 2 aromatic rings. The van der Waals surface area contributed by atoms with Gasteiger partial charge in [0.15, 0.2) is 0 Å². The second-order valence-electron chi connectivity index (χ2n) is 4.73. The zero-order valence-electron chi connectivity index (χ0n) is 11.3. The van der Waals surface area contributed by atoms with Crippen molar-refractivity contribution >= 4 is 37.3 Å². The van der Waals surface area contributed by atoms with Gasteiger partial charge in [0.05, 0.1) is 18.9 Å². The molecule has 2 aromatic heterocycles. The summed E-state index contributed by atoms with van der Waals surface area (Å²) in [6.07, 6.45) is 3.28. The summed E-state index contributed by atoms with van der Waals surface area (Å²) in [5.74, 6) is 0. The van der Waals surface area contributed by atoms with E-state index in [1.54, 1.807) is 22.3 Å². The molecule has 0 N–H and O–H groups in total. The number of rotatable bonds is 3. The molecule has 1 atom stereocenters. The van der Waals surface area contributed by atoms with Crippen molar-refractivity contribution in [3.63, 3.8) is 0 Å². The van der Waals surface area contributed by atoms with Crippen molar-refractivity contribution in [2.24, 2.45) is 7.05 Å². The van der Waals surface area contributed by atoms with Crippen LogP contribution in [-0.4, -0.2) is 42.2 Å². The number of morpholine rings is 1. The number of ether oxygens (including phenoxy) is 1. The van der Waals surface area contributed by atoms with Crippen LogP contribution < -0.4 is 0 Å². The van der Waals surface area contributed by atoms with E-state index in [4.69, 9.17) is 4.74 Å². The molecule has 1 fully saturated rings. The molecule has 1 aliphatic heterocycles. The van der Waals surface area contributed by atoms with E-state index < -0.39 is 10.0 Å². The predicted molar refractivity (Wildman–Crippen MR) is 82.7 cm³/mol. The van der Waals surface area contributed by atoms with Crippen LogP contribution in [-0.2, 0) is 21.8 Å². The van der Waals surface area contributed by atoms with Gasteiger partial charge in [-0.1, -0.05) is 0 Å². The lowest BCUT2D eigenvalue weighted by molar-refractivity contribution is -0.00254. The number of thiophene rings is 1. The average Bonchev–Trinajstić information content (AvgIpc) is 3.08.